The number of nitrogens with zero attached hydrogens (tertiary/aromatic N) is 2. The molecule has 0 bridgehead atoms. The Balaban J connectivity index is 1.96. The Labute approximate surface area is 209 Å². The second-order valence-electron chi connectivity index (χ2n) is 8.27. The molecule has 0 aliphatic heterocycles. The number of hydrogen-bond donors (Lipinski definition) is 0. The summed E-state index contributed by atoms with van der Waals surface area (Å²) in [6, 6.07) is 25.1. The van der Waals surface area contributed by atoms with Crippen LogP contribution in [0.1, 0.15) is 31.0 Å². The molecule has 5 nitrogen and oxygen atoms in total. The van der Waals surface area contributed by atoms with Gasteiger partial charge in [-0.1, -0.05) is 74.5 Å². The summed E-state index contributed by atoms with van der Waals surface area (Å²) in [5.74, 6) is -0.334. The summed E-state index contributed by atoms with van der Waals surface area (Å²) in [5.41, 5.74) is 2.83. The second-order valence-corrected chi connectivity index (χ2v) is 11.8. The van der Waals surface area contributed by atoms with Crippen LogP contribution in [0.5, 0.6) is 0 Å². The van der Waals surface area contributed by atoms with E-state index in [4.69, 9.17) is 19.2 Å². The van der Waals surface area contributed by atoms with Crippen LogP contribution in [0.25, 0.3) is 11.3 Å². The predicted molar refractivity (Wildman–Crippen MR) is 139 cm³/mol. The van der Waals surface area contributed by atoms with Crippen molar-refractivity contribution in [3.63, 3.8) is 0 Å². The van der Waals surface area contributed by atoms with Gasteiger partial charge in [-0.15, -0.1) is 0 Å². The molecule has 0 spiro atoms. The first-order valence-electron chi connectivity index (χ1n) is 11.2. The molecule has 0 saturated carbocycles. The van der Waals surface area contributed by atoms with E-state index in [0.29, 0.717) is 16.4 Å². The van der Waals surface area contributed by atoms with Crippen molar-refractivity contribution in [2.24, 2.45) is 0 Å². The molecule has 0 fully saturated rings. The molecule has 4 aromatic rings. The van der Waals surface area contributed by atoms with Crippen LogP contribution in [0, 0.1) is 5.82 Å². The molecule has 35 heavy (non-hydrogen) atoms. The molecule has 1 heterocycles. The van der Waals surface area contributed by atoms with Gasteiger partial charge in [0.15, 0.2) is 0 Å². The third kappa shape index (κ3) is 5.71. The van der Waals surface area contributed by atoms with Gasteiger partial charge >= 0.3 is 0 Å². The predicted octanol–water partition coefficient (Wildman–Crippen LogP) is 6.51. The normalized spacial score (nSPS) is 11.7. The topological polar surface area (TPSA) is 61.3 Å². The summed E-state index contributed by atoms with van der Waals surface area (Å²) >= 11 is 0.896. The standard InChI is InChI=1S/C27H26FN2O3PS/c1-19(2)25-24(18-34(31,22-10-6-4-7-11-22)23-12-8-5-9-13-23)26(20-14-16-21(28)17-15-20)30-27(29-25)35-33-32-3/h4-17,19H,18H2,1-3H3. The maximum Gasteiger partial charge on any atom is 0.219 e. The molecular weight excluding hydrogens is 482 g/mol. The van der Waals surface area contributed by atoms with Gasteiger partial charge in [0.2, 0.25) is 5.16 Å². The first-order valence-corrected chi connectivity index (χ1v) is 13.8. The molecule has 0 N–H and O–H groups in total. The highest BCUT2D eigenvalue weighted by molar-refractivity contribution is 7.94. The van der Waals surface area contributed by atoms with E-state index in [1.54, 1.807) is 12.1 Å². The lowest BCUT2D eigenvalue weighted by molar-refractivity contribution is -0.160. The number of benzene rings is 3. The number of halogens is 1. The van der Waals surface area contributed by atoms with Crippen molar-refractivity contribution in [2.45, 2.75) is 31.1 Å². The van der Waals surface area contributed by atoms with Gasteiger partial charge in [-0.2, -0.15) is 4.33 Å². The fourth-order valence-electron chi connectivity index (χ4n) is 3.95. The molecule has 0 atom stereocenters. The van der Waals surface area contributed by atoms with Crippen LogP contribution in [0.4, 0.5) is 4.39 Å². The third-order valence-electron chi connectivity index (χ3n) is 5.59. The molecule has 0 amide bonds. The van der Waals surface area contributed by atoms with Gasteiger partial charge < -0.3 is 4.57 Å². The molecule has 0 aliphatic carbocycles. The summed E-state index contributed by atoms with van der Waals surface area (Å²) in [6.07, 6.45) is 0.220. The monoisotopic (exact) mass is 508 g/mol. The number of hydrogen-bond acceptors (Lipinski definition) is 6. The third-order valence-corrected chi connectivity index (χ3v) is 9.15. The fourth-order valence-corrected chi connectivity index (χ4v) is 7.07. The van der Waals surface area contributed by atoms with Crippen molar-refractivity contribution in [3.8, 4) is 11.3 Å². The van der Waals surface area contributed by atoms with E-state index in [9.17, 15) is 8.96 Å². The zero-order valence-electron chi connectivity index (χ0n) is 19.7. The van der Waals surface area contributed by atoms with Gasteiger partial charge in [-0.3, -0.25) is 0 Å². The maximum atomic E-state index is 14.9. The second kappa shape index (κ2) is 11.3. The van der Waals surface area contributed by atoms with Gasteiger partial charge in [-0.05, 0) is 30.2 Å². The van der Waals surface area contributed by atoms with E-state index in [-0.39, 0.29) is 17.9 Å². The van der Waals surface area contributed by atoms with Gasteiger partial charge in [0, 0.05) is 27.9 Å². The van der Waals surface area contributed by atoms with E-state index < -0.39 is 7.14 Å². The minimum Gasteiger partial charge on any atom is -0.313 e. The molecule has 0 unspecified atom stereocenters. The van der Waals surface area contributed by atoms with Crippen LogP contribution in [0.15, 0.2) is 90.1 Å². The Kier molecular flexibility index (Phi) is 8.14. The summed E-state index contributed by atoms with van der Waals surface area (Å²) in [5, 5.41) is 1.87. The molecule has 0 radical (unpaired) electrons. The van der Waals surface area contributed by atoms with E-state index in [1.807, 2.05) is 74.5 Å². The van der Waals surface area contributed by atoms with Gasteiger partial charge in [0.25, 0.3) is 0 Å². The van der Waals surface area contributed by atoms with E-state index in [1.165, 1.54) is 19.2 Å². The van der Waals surface area contributed by atoms with E-state index in [2.05, 4.69) is 0 Å². The van der Waals surface area contributed by atoms with E-state index in [0.717, 1.165) is 33.9 Å². The lowest BCUT2D eigenvalue weighted by atomic mass is 10.00. The van der Waals surface area contributed by atoms with Crippen molar-refractivity contribution in [1.82, 2.24) is 9.97 Å². The van der Waals surface area contributed by atoms with Crippen molar-refractivity contribution >= 4 is 29.8 Å². The van der Waals surface area contributed by atoms with Crippen LogP contribution < -0.4 is 10.6 Å². The molecule has 3 aromatic carbocycles. The SMILES string of the molecule is COOSc1nc(-c2ccc(F)cc2)c(CP(=O)(c2ccccc2)c2ccccc2)c(C(C)C)n1. The van der Waals surface area contributed by atoms with E-state index >= 15 is 0 Å². The Bertz CT molecular complexity index is 1280. The van der Waals surface area contributed by atoms with Crippen molar-refractivity contribution < 1.29 is 18.2 Å². The van der Waals surface area contributed by atoms with Crippen LogP contribution in [-0.2, 0) is 19.9 Å². The van der Waals surface area contributed by atoms with Crippen LogP contribution in [0.2, 0.25) is 0 Å². The molecule has 180 valence electrons. The summed E-state index contributed by atoms with van der Waals surface area (Å²) in [6.45, 7) is 4.06. The smallest absolute Gasteiger partial charge is 0.219 e. The zero-order chi connectivity index (χ0) is 24.8. The van der Waals surface area contributed by atoms with Crippen LogP contribution in [0.3, 0.4) is 0 Å². The average Bonchev–Trinajstić information content (AvgIpc) is 2.89. The number of rotatable bonds is 9. The molecule has 4 rings (SSSR count). The molecule has 0 saturated heterocycles. The minimum absolute atomic E-state index is 0.00842. The van der Waals surface area contributed by atoms with Crippen LogP contribution >= 0.6 is 19.2 Å². The zero-order valence-corrected chi connectivity index (χ0v) is 21.4. The van der Waals surface area contributed by atoms with Gasteiger partial charge in [0.1, 0.15) is 25.0 Å². The Morgan fingerprint density at radius 3 is 1.97 bits per heavy atom. The van der Waals surface area contributed by atoms with Gasteiger partial charge in [-0.25, -0.2) is 19.2 Å². The summed E-state index contributed by atoms with van der Waals surface area (Å²) < 4.78 is 33.7. The highest BCUT2D eigenvalue weighted by Crippen LogP contribution is 2.49. The Hall–Kier alpha value is -2.83. The maximum absolute atomic E-state index is 14.9. The minimum atomic E-state index is -3.12. The van der Waals surface area contributed by atoms with Crippen LogP contribution in [-0.4, -0.2) is 17.1 Å². The quantitative estimate of drug-likeness (QED) is 0.0845. The first kappa shape index (κ1) is 25.3. The highest BCUT2D eigenvalue weighted by Gasteiger charge is 2.32. The Morgan fingerprint density at radius 2 is 1.46 bits per heavy atom. The van der Waals surface area contributed by atoms with Gasteiger partial charge in [0.05, 0.1) is 18.5 Å². The molecule has 1 aromatic heterocycles. The fraction of sp³-hybridized carbons (Fsp3) is 0.185. The molecular formula is C27H26FN2O3PS. The first-order chi connectivity index (χ1) is 16.9. The summed E-state index contributed by atoms with van der Waals surface area (Å²) in [7, 11) is -1.72. The number of aromatic nitrogens is 2. The molecule has 8 heteroatoms. The van der Waals surface area contributed by atoms with Crippen molar-refractivity contribution in [3.05, 3.63) is 102 Å². The van der Waals surface area contributed by atoms with Crippen molar-refractivity contribution in [1.29, 1.82) is 0 Å². The van der Waals surface area contributed by atoms with Crippen molar-refractivity contribution in [2.75, 3.05) is 7.11 Å². The average molecular weight is 509 g/mol. The Morgan fingerprint density at radius 1 is 0.886 bits per heavy atom. The highest BCUT2D eigenvalue weighted by atomic mass is 32.2. The largest absolute Gasteiger partial charge is 0.313 e. The lowest BCUT2D eigenvalue weighted by Crippen LogP contribution is -2.19. The molecule has 0 aliphatic rings. The lowest BCUT2D eigenvalue weighted by Gasteiger charge is -2.24. The summed E-state index contributed by atoms with van der Waals surface area (Å²) in [4.78, 5) is 14.2.